The summed E-state index contributed by atoms with van der Waals surface area (Å²) in [6, 6.07) is 0. The van der Waals surface area contributed by atoms with Gasteiger partial charge >= 0.3 is 59.1 Å². The minimum atomic E-state index is -0.995. The number of carboxylic acids is 2. The third-order valence-electron chi connectivity index (χ3n) is 0.577. The molecule has 16 heavy (non-hydrogen) atoms. The van der Waals surface area contributed by atoms with Crippen molar-refractivity contribution in [3.8, 4) is 0 Å². The van der Waals surface area contributed by atoms with Crippen LogP contribution in [0.25, 0.3) is 0 Å². The van der Waals surface area contributed by atoms with Gasteiger partial charge in [-0.05, 0) is 12.8 Å². The molecular formula is C7H12Na2O4S3. The van der Waals surface area contributed by atoms with Crippen LogP contribution in [0.15, 0.2) is 0 Å². The van der Waals surface area contributed by atoms with Crippen molar-refractivity contribution in [2.24, 2.45) is 0 Å². The zero-order valence-electron chi connectivity index (χ0n) is 9.85. The molecule has 0 unspecified atom stereocenters. The Morgan fingerprint density at radius 2 is 1.06 bits per heavy atom. The number of thiol groups is 2. The predicted molar refractivity (Wildman–Crippen MR) is 61.2 cm³/mol. The molecule has 0 aromatic carbocycles. The fraction of sp³-hybridized carbons (Fsp3) is 0.571. The molecular weight excluding hydrogens is 290 g/mol. The van der Waals surface area contributed by atoms with E-state index in [4.69, 9.17) is 0 Å². The van der Waals surface area contributed by atoms with Gasteiger partial charge in [0.2, 0.25) is 0 Å². The van der Waals surface area contributed by atoms with Crippen molar-refractivity contribution in [3.05, 3.63) is 0 Å². The number of carboxylic acid groups (broad SMARTS) is 2. The molecule has 84 valence electrons. The van der Waals surface area contributed by atoms with Crippen molar-refractivity contribution in [1.82, 2.24) is 0 Å². The van der Waals surface area contributed by atoms with Crippen LogP contribution >= 0.6 is 37.5 Å². The van der Waals surface area contributed by atoms with Gasteiger partial charge in [-0.1, -0.05) is 26.1 Å². The fourth-order valence-electron chi connectivity index (χ4n) is 0. The quantitative estimate of drug-likeness (QED) is 0.301. The molecule has 4 nitrogen and oxygen atoms in total. The molecule has 0 amide bonds. The van der Waals surface area contributed by atoms with Gasteiger partial charge < -0.3 is 19.8 Å². The molecule has 0 atom stereocenters. The van der Waals surface area contributed by atoms with E-state index in [1.807, 2.05) is 0 Å². The SMILES string of the molecule is CCC(=O)[O-].CCC(=O)[O-].S=C(S)S.[Na+].[Na+]. The van der Waals surface area contributed by atoms with E-state index in [2.05, 4.69) is 37.5 Å². The fourth-order valence-corrected chi connectivity index (χ4v) is 0. The van der Waals surface area contributed by atoms with Gasteiger partial charge in [0.15, 0.2) is 0 Å². The smallest absolute Gasteiger partial charge is 0.550 e. The van der Waals surface area contributed by atoms with Crippen LogP contribution in [-0.4, -0.2) is 15.5 Å². The predicted octanol–water partition coefficient (Wildman–Crippen LogP) is -6.57. The van der Waals surface area contributed by atoms with E-state index in [0.29, 0.717) is 3.53 Å². The van der Waals surface area contributed by atoms with Crippen LogP contribution in [0, 0.1) is 0 Å². The van der Waals surface area contributed by atoms with Crippen molar-refractivity contribution < 1.29 is 78.9 Å². The van der Waals surface area contributed by atoms with Crippen molar-refractivity contribution in [2.75, 3.05) is 0 Å². The Bertz CT molecular complexity index is 172. The molecule has 0 bridgehead atoms. The summed E-state index contributed by atoms with van der Waals surface area (Å²) in [6.07, 6.45) is 0.222. The maximum atomic E-state index is 9.26. The van der Waals surface area contributed by atoms with E-state index in [1.165, 1.54) is 13.8 Å². The first-order chi connectivity index (χ1) is 6.27. The van der Waals surface area contributed by atoms with Crippen LogP contribution in [0.3, 0.4) is 0 Å². The Labute approximate surface area is 156 Å². The Hall–Kier alpha value is 1.73. The average Bonchev–Trinajstić information content (AvgIpc) is 2.04. The van der Waals surface area contributed by atoms with Crippen molar-refractivity contribution >= 4 is 52.9 Å². The van der Waals surface area contributed by atoms with E-state index in [-0.39, 0.29) is 72.0 Å². The topological polar surface area (TPSA) is 80.3 Å². The van der Waals surface area contributed by atoms with Gasteiger partial charge in [-0.25, -0.2) is 0 Å². The van der Waals surface area contributed by atoms with Crippen molar-refractivity contribution in [3.63, 3.8) is 0 Å². The molecule has 0 spiro atoms. The largest absolute Gasteiger partial charge is 1.00 e. The van der Waals surface area contributed by atoms with E-state index in [1.54, 1.807) is 0 Å². The number of thiocarbonyl (C=S) groups is 1. The zero-order valence-corrected chi connectivity index (χ0v) is 16.5. The van der Waals surface area contributed by atoms with Crippen molar-refractivity contribution in [2.45, 2.75) is 26.7 Å². The van der Waals surface area contributed by atoms with E-state index < -0.39 is 11.9 Å². The summed E-state index contributed by atoms with van der Waals surface area (Å²) >= 11 is 11.4. The van der Waals surface area contributed by atoms with Crippen LogP contribution < -0.4 is 69.3 Å². The van der Waals surface area contributed by atoms with Crippen molar-refractivity contribution in [1.29, 1.82) is 0 Å². The Morgan fingerprint density at radius 1 is 1.00 bits per heavy atom. The van der Waals surface area contributed by atoms with Crippen LogP contribution in [0.1, 0.15) is 26.7 Å². The molecule has 0 saturated carbocycles. The molecule has 0 aromatic rings. The standard InChI is InChI=1S/2C3H6O2.CH2S3.2Na/c2*1-2-3(4)5;2-1(3)4;;/h2*2H2,1H3,(H,4,5);(H2,2,3,4);;/q;;;2*+1/p-2. The summed E-state index contributed by atoms with van der Waals surface area (Å²) < 4.78 is 0.389. The second-order valence-corrected chi connectivity index (χ2v) is 3.99. The maximum absolute atomic E-state index is 9.26. The summed E-state index contributed by atoms with van der Waals surface area (Å²) in [5.74, 6) is -1.99. The van der Waals surface area contributed by atoms with Gasteiger partial charge in [0, 0.05) is 11.9 Å². The minimum absolute atomic E-state index is 0. The zero-order chi connectivity index (χ0) is 12.1. The van der Waals surface area contributed by atoms with Crippen LogP contribution in [-0.2, 0) is 9.59 Å². The summed E-state index contributed by atoms with van der Waals surface area (Å²) in [5, 5.41) is 18.5. The third-order valence-corrected chi connectivity index (χ3v) is 0.577. The number of carbonyl (C=O) groups excluding carboxylic acids is 2. The Balaban J connectivity index is -0.0000000358. The summed E-state index contributed by atoms with van der Waals surface area (Å²) in [5.41, 5.74) is 0. The molecule has 0 aromatic heterocycles. The van der Waals surface area contributed by atoms with E-state index in [0.717, 1.165) is 0 Å². The van der Waals surface area contributed by atoms with E-state index in [9.17, 15) is 19.8 Å². The monoisotopic (exact) mass is 302 g/mol. The van der Waals surface area contributed by atoms with E-state index >= 15 is 0 Å². The molecule has 0 N–H and O–H groups in total. The first-order valence-corrected chi connectivity index (χ1v) is 4.89. The van der Waals surface area contributed by atoms with Gasteiger partial charge in [-0.3, -0.25) is 0 Å². The molecule has 0 aliphatic carbocycles. The Morgan fingerprint density at radius 3 is 1.06 bits per heavy atom. The van der Waals surface area contributed by atoms with Crippen LogP contribution in [0.4, 0.5) is 0 Å². The molecule has 0 saturated heterocycles. The van der Waals surface area contributed by atoms with Gasteiger partial charge in [0.05, 0.1) is 3.53 Å². The van der Waals surface area contributed by atoms with Gasteiger partial charge in [-0.15, -0.1) is 25.3 Å². The first-order valence-electron chi connectivity index (χ1n) is 3.59. The number of carbonyl (C=O) groups is 2. The maximum Gasteiger partial charge on any atom is 1.00 e. The molecule has 0 aliphatic rings. The minimum Gasteiger partial charge on any atom is -0.550 e. The number of rotatable bonds is 2. The molecule has 9 heteroatoms. The summed E-state index contributed by atoms with van der Waals surface area (Å²) in [7, 11) is 0. The van der Waals surface area contributed by atoms with Gasteiger partial charge in [0.1, 0.15) is 0 Å². The third kappa shape index (κ3) is 104. The summed E-state index contributed by atoms with van der Waals surface area (Å²) in [4.78, 5) is 18.5. The molecule has 0 aliphatic heterocycles. The molecule has 0 fully saturated rings. The summed E-state index contributed by atoms with van der Waals surface area (Å²) in [6.45, 7) is 3.07. The number of hydrogen-bond acceptors (Lipinski definition) is 5. The van der Waals surface area contributed by atoms with Crippen LogP contribution in [0.2, 0.25) is 0 Å². The molecule has 0 rings (SSSR count). The average molecular weight is 302 g/mol. The Kier molecular flexibility index (Phi) is 48.9. The number of aliphatic carboxylic acids is 2. The number of hydrogen-bond donors (Lipinski definition) is 2. The normalized spacial score (nSPS) is 6.25. The molecule has 0 heterocycles. The van der Waals surface area contributed by atoms with Gasteiger partial charge in [-0.2, -0.15) is 0 Å². The second-order valence-electron chi connectivity index (χ2n) is 1.73. The molecule has 0 radical (unpaired) electrons. The second kappa shape index (κ2) is 25.5. The first kappa shape index (κ1) is 30.6. The van der Waals surface area contributed by atoms with Crippen LogP contribution in [0.5, 0.6) is 0 Å². The van der Waals surface area contributed by atoms with Gasteiger partial charge in [0.25, 0.3) is 0 Å².